The Kier molecular flexibility index (Phi) is 4.40. The van der Waals surface area contributed by atoms with Crippen LogP contribution in [0.1, 0.15) is 54.4 Å². The number of ketones is 3. The van der Waals surface area contributed by atoms with Crippen LogP contribution < -0.4 is 0 Å². The molecule has 0 saturated heterocycles. The van der Waals surface area contributed by atoms with Gasteiger partial charge in [-0.3, -0.25) is 14.4 Å². The fourth-order valence-corrected chi connectivity index (χ4v) is 3.08. The maximum atomic E-state index is 12.2. The lowest BCUT2D eigenvalue weighted by Crippen LogP contribution is -2.37. The standard InChI is InChI=1S/C18H22O3/c1-5-15(19)18-16(20)8-14(9-17(18)21)13-6-10(2)12(4)11(3)7-13/h6-7,14,18H,5,8-9H2,1-4H3. The van der Waals surface area contributed by atoms with Gasteiger partial charge in [-0.2, -0.15) is 0 Å². The summed E-state index contributed by atoms with van der Waals surface area (Å²) in [5.74, 6) is -1.74. The molecule has 1 aromatic carbocycles. The first-order valence-electron chi connectivity index (χ1n) is 7.51. The Morgan fingerprint density at radius 1 is 1.05 bits per heavy atom. The van der Waals surface area contributed by atoms with Gasteiger partial charge in [0.05, 0.1) is 0 Å². The number of carbonyl (C=O) groups is 3. The van der Waals surface area contributed by atoms with Crippen molar-refractivity contribution >= 4 is 17.3 Å². The molecule has 0 aliphatic heterocycles. The van der Waals surface area contributed by atoms with Gasteiger partial charge >= 0.3 is 0 Å². The summed E-state index contributed by atoms with van der Waals surface area (Å²) in [6.45, 7) is 7.85. The largest absolute Gasteiger partial charge is 0.298 e. The highest BCUT2D eigenvalue weighted by molar-refractivity contribution is 6.20. The summed E-state index contributed by atoms with van der Waals surface area (Å²) in [5.41, 5.74) is 4.64. The SMILES string of the molecule is CCC(=O)C1C(=O)CC(c2cc(C)c(C)c(C)c2)CC1=O. The molecular weight excluding hydrogens is 264 g/mol. The van der Waals surface area contributed by atoms with Crippen molar-refractivity contribution in [3.05, 3.63) is 34.4 Å². The van der Waals surface area contributed by atoms with Crippen molar-refractivity contribution in [1.29, 1.82) is 0 Å². The van der Waals surface area contributed by atoms with E-state index >= 15 is 0 Å². The first-order chi connectivity index (χ1) is 9.85. The Morgan fingerprint density at radius 3 is 1.95 bits per heavy atom. The maximum absolute atomic E-state index is 12.2. The highest BCUT2D eigenvalue weighted by atomic mass is 16.2. The van der Waals surface area contributed by atoms with Crippen LogP contribution in [0.5, 0.6) is 0 Å². The zero-order valence-corrected chi connectivity index (χ0v) is 13.2. The van der Waals surface area contributed by atoms with Crippen LogP contribution >= 0.6 is 0 Å². The van der Waals surface area contributed by atoms with Crippen molar-refractivity contribution in [2.24, 2.45) is 5.92 Å². The second-order valence-electron chi connectivity index (χ2n) is 6.07. The molecule has 0 spiro atoms. The number of Topliss-reactive ketones (excluding diaryl/α,β-unsaturated/α-hetero) is 3. The zero-order chi connectivity index (χ0) is 15.7. The molecule has 1 aromatic rings. The molecule has 112 valence electrons. The van der Waals surface area contributed by atoms with Crippen LogP contribution in [0, 0.1) is 26.7 Å². The van der Waals surface area contributed by atoms with E-state index in [-0.39, 0.29) is 29.7 Å². The predicted octanol–water partition coefficient (Wildman–Crippen LogP) is 3.22. The monoisotopic (exact) mass is 286 g/mol. The van der Waals surface area contributed by atoms with E-state index < -0.39 is 5.92 Å². The lowest BCUT2D eigenvalue weighted by atomic mass is 9.74. The second kappa shape index (κ2) is 5.92. The van der Waals surface area contributed by atoms with E-state index in [0.29, 0.717) is 12.8 Å². The van der Waals surface area contributed by atoms with Gasteiger partial charge in [0, 0.05) is 19.3 Å². The van der Waals surface area contributed by atoms with Gasteiger partial charge in [-0.1, -0.05) is 19.1 Å². The molecule has 1 fully saturated rings. The highest BCUT2D eigenvalue weighted by Crippen LogP contribution is 2.34. The minimum atomic E-state index is -1.00. The van der Waals surface area contributed by atoms with Gasteiger partial charge in [0.15, 0.2) is 17.3 Å². The van der Waals surface area contributed by atoms with E-state index in [0.717, 1.165) is 5.56 Å². The third kappa shape index (κ3) is 2.97. The van der Waals surface area contributed by atoms with Crippen LogP contribution in [0.25, 0.3) is 0 Å². The molecule has 3 heteroatoms. The van der Waals surface area contributed by atoms with Gasteiger partial charge in [0.1, 0.15) is 5.92 Å². The molecule has 1 aliphatic rings. The molecule has 0 bridgehead atoms. The molecule has 0 radical (unpaired) electrons. The molecule has 21 heavy (non-hydrogen) atoms. The number of hydrogen-bond donors (Lipinski definition) is 0. The number of benzene rings is 1. The second-order valence-corrected chi connectivity index (χ2v) is 6.07. The summed E-state index contributed by atoms with van der Waals surface area (Å²) in [5, 5.41) is 0. The normalized spacial score (nSPS) is 22.5. The summed E-state index contributed by atoms with van der Waals surface area (Å²) in [7, 11) is 0. The summed E-state index contributed by atoms with van der Waals surface area (Å²) in [4.78, 5) is 36.1. The minimum Gasteiger partial charge on any atom is -0.298 e. The van der Waals surface area contributed by atoms with Crippen molar-refractivity contribution in [2.75, 3.05) is 0 Å². The lowest BCUT2D eigenvalue weighted by molar-refractivity contribution is -0.142. The Morgan fingerprint density at radius 2 is 1.52 bits per heavy atom. The van der Waals surface area contributed by atoms with Gasteiger partial charge in [-0.25, -0.2) is 0 Å². The van der Waals surface area contributed by atoms with Gasteiger partial charge < -0.3 is 0 Å². The fourth-order valence-electron chi connectivity index (χ4n) is 3.08. The highest BCUT2D eigenvalue weighted by Gasteiger charge is 2.39. The van der Waals surface area contributed by atoms with Crippen LogP contribution in [-0.2, 0) is 14.4 Å². The van der Waals surface area contributed by atoms with E-state index in [9.17, 15) is 14.4 Å². The van der Waals surface area contributed by atoms with Crippen molar-refractivity contribution in [2.45, 2.75) is 52.9 Å². The Labute approximate surface area is 125 Å². The zero-order valence-electron chi connectivity index (χ0n) is 13.2. The van der Waals surface area contributed by atoms with E-state index in [4.69, 9.17) is 0 Å². The Balaban J connectivity index is 2.28. The van der Waals surface area contributed by atoms with Gasteiger partial charge in [0.2, 0.25) is 0 Å². The molecule has 2 rings (SSSR count). The summed E-state index contributed by atoms with van der Waals surface area (Å²) < 4.78 is 0. The Bertz CT molecular complexity index is 572. The average molecular weight is 286 g/mol. The van der Waals surface area contributed by atoms with Crippen LogP contribution in [0.4, 0.5) is 0 Å². The van der Waals surface area contributed by atoms with Crippen LogP contribution in [0.2, 0.25) is 0 Å². The first-order valence-corrected chi connectivity index (χ1v) is 7.51. The minimum absolute atomic E-state index is 0.0797. The van der Waals surface area contributed by atoms with E-state index in [1.165, 1.54) is 16.7 Å². The van der Waals surface area contributed by atoms with Crippen molar-refractivity contribution in [1.82, 2.24) is 0 Å². The molecule has 0 unspecified atom stereocenters. The Hall–Kier alpha value is -1.77. The van der Waals surface area contributed by atoms with E-state index in [1.54, 1.807) is 6.92 Å². The third-order valence-electron chi connectivity index (χ3n) is 4.63. The first kappa shape index (κ1) is 15.6. The van der Waals surface area contributed by atoms with Crippen molar-refractivity contribution in [3.8, 4) is 0 Å². The van der Waals surface area contributed by atoms with Crippen LogP contribution in [0.3, 0.4) is 0 Å². The molecule has 1 aliphatic carbocycles. The predicted molar refractivity (Wildman–Crippen MR) is 81.4 cm³/mol. The van der Waals surface area contributed by atoms with Crippen LogP contribution in [0.15, 0.2) is 12.1 Å². The average Bonchev–Trinajstić information content (AvgIpc) is 2.43. The molecular formula is C18H22O3. The van der Waals surface area contributed by atoms with Gasteiger partial charge in [-0.05, 0) is 48.9 Å². The smallest absolute Gasteiger partial charge is 0.151 e. The number of aryl methyl sites for hydroxylation is 2. The van der Waals surface area contributed by atoms with Gasteiger partial charge in [0.25, 0.3) is 0 Å². The quantitative estimate of drug-likeness (QED) is 0.802. The molecule has 3 nitrogen and oxygen atoms in total. The maximum Gasteiger partial charge on any atom is 0.151 e. The summed E-state index contributed by atoms with van der Waals surface area (Å²) in [6, 6.07) is 4.13. The topological polar surface area (TPSA) is 51.2 Å². The molecule has 0 N–H and O–H groups in total. The molecule has 1 saturated carbocycles. The molecule has 0 heterocycles. The van der Waals surface area contributed by atoms with Crippen molar-refractivity contribution in [3.63, 3.8) is 0 Å². The molecule has 0 amide bonds. The fraction of sp³-hybridized carbons (Fsp3) is 0.500. The number of hydrogen-bond acceptors (Lipinski definition) is 3. The van der Waals surface area contributed by atoms with Crippen LogP contribution in [-0.4, -0.2) is 17.3 Å². The van der Waals surface area contributed by atoms with E-state index in [2.05, 4.69) is 19.1 Å². The number of rotatable bonds is 3. The molecule has 0 aromatic heterocycles. The van der Waals surface area contributed by atoms with Gasteiger partial charge in [-0.15, -0.1) is 0 Å². The molecule has 0 atom stereocenters. The summed E-state index contributed by atoms with van der Waals surface area (Å²) >= 11 is 0. The summed E-state index contributed by atoms with van der Waals surface area (Å²) in [6.07, 6.45) is 0.837. The number of carbonyl (C=O) groups excluding carboxylic acids is 3. The third-order valence-corrected chi connectivity index (χ3v) is 4.63. The van der Waals surface area contributed by atoms with E-state index in [1.807, 2.05) is 13.8 Å². The van der Waals surface area contributed by atoms with Crippen molar-refractivity contribution < 1.29 is 14.4 Å². The lowest BCUT2D eigenvalue weighted by Gasteiger charge is -2.26.